The lowest BCUT2D eigenvalue weighted by Crippen LogP contribution is -2.38. The smallest absolute Gasteiger partial charge is 0.191 e. The van der Waals surface area contributed by atoms with Gasteiger partial charge < -0.3 is 15.4 Å². The van der Waals surface area contributed by atoms with E-state index in [1.54, 1.807) is 7.11 Å². The molecule has 1 aromatic carbocycles. The standard InChI is InChI=1S/C14H21N3O/c1-10-4-5-12(8-13(10)18-3)6-7-15-14-16-9-11(2)17-14/h4-5,8,11H,6-7,9H2,1-3H3,(H2,15,16,17). The Morgan fingerprint density at radius 1 is 1.50 bits per heavy atom. The van der Waals surface area contributed by atoms with Crippen LogP contribution in [0.3, 0.4) is 0 Å². The van der Waals surface area contributed by atoms with Crippen LogP contribution in [0.15, 0.2) is 23.2 Å². The van der Waals surface area contributed by atoms with Crippen molar-refractivity contribution in [1.29, 1.82) is 0 Å². The quantitative estimate of drug-likeness (QED) is 0.847. The molecule has 98 valence electrons. The zero-order valence-corrected chi connectivity index (χ0v) is 11.3. The van der Waals surface area contributed by atoms with Crippen LogP contribution in [0, 0.1) is 6.92 Å². The van der Waals surface area contributed by atoms with Gasteiger partial charge in [0, 0.05) is 12.6 Å². The highest BCUT2D eigenvalue weighted by Gasteiger charge is 2.11. The van der Waals surface area contributed by atoms with Crippen LogP contribution in [0.4, 0.5) is 0 Å². The fourth-order valence-corrected chi connectivity index (χ4v) is 2.00. The monoisotopic (exact) mass is 247 g/mol. The predicted octanol–water partition coefficient (Wildman–Crippen LogP) is 1.48. The van der Waals surface area contributed by atoms with Crippen molar-refractivity contribution in [2.24, 2.45) is 4.99 Å². The van der Waals surface area contributed by atoms with E-state index in [-0.39, 0.29) is 0 Å². The molecule has 1 aliphatic rings. The number of hydrogen-bond donors (Lipinski definition) is 2. The number of hydrogen-bond acceptors (Lipinski definition) is 4. The summed E-state index contributed by atoms with van der Waals surface area (Å²) >= 11 is 0. The van der Waals surface area contributed by atoms with Gasteiger partial charge >= 0.3 is 0 Å². The average molecular weight is 247 g/mol. The van der Waals surface area contributed by atoms with Crippen LogP contribution in [0.1, 0.15) is 18.1 Å². The first-order chi connectivity index (χ1) is 8.69. The number of ether oxygens (including phenoxy) is 1. The Hall–Kier alpha value is -1.71. The van der Waals surface area contributed by atoms with Crippen molar-refractivity contribution in [3.8, 4) is 5.75 Å². The second-order valence-electron chi connectivity index (χ2n) is 4.72. The molecule has 0 fully saturated rings. The molecule has 0 spiro atoms. The Labute approximate surface area is 108 Å². The van der Waals surface area contributed by atoms with Crippen molar-refractivity contribution in [3.63, 3.8) is 0 Å². The van der Waals surface area contributed by atoms with Gasteiger partial charge in [-0.15, -0.1) is 0 Å². The summed E-state index contributed by atoms with van der Waals surface area (Å²) in [6.45, 7) is 5.92. The molecule has 0 aliphatic carbocycles. The Balaban J connectivity index is 1.83. The molecule has 1 heterocycles. The normalized spacial score (nSPS) is 18.2. The molecule has 4 heteroatoms. The van der Waals surface area contributed by atoms with E-state index in [0.717, 1.165) is 31.2 Å². The number of rotatable bonds is 4. The van der Waals surface area contributed by atoms with Gasteiger partial charge in [0.2, 0.25) is 0 Å². The Morgan fingerprint density at radius 2 is 2.33 bits per heavy atom. The highest BCUT2D eigenvalue weighted by molar-refractivity contribution is 5.81. The van der Waals surface area contributed by atoms with E-state index >= 15 is 0 Å². The molecule has 4 nitrogen and oxygen atoms in total. The fraction of sp³-hybridized carbons (Fsp3) is 0.500. The van der Waals surface area contributed by atoms with Gasteiger partial charge in [0.25, 0.3) is 0 Å². The van der Waals surface area contributed by atoms with Crippen molar-refractivity contribution < 1.29 is 4.74 Å². The van der Waals surface area contributed by atoms with Crippen molar-refractivity contribution in [3.05, 3.63) is 29.3 Å². The Kier molecular flexibility index (Phi) is 4.07. The first-order valence-corrected chi connectivity index (χ1v) is 6.37. The molecule has 0 amide bonds. The highest BCUT2D eigenvalue weighted by atomic mass is 16.5. The Morgan fingerprint density at radius 3 is 3.00 bits per heavy atom. The van der Waals surface area contributed by atoms with Gasteiger partial charge in [0.1, 0.15) is 5.75 Å². The van der Waals surface area contributed by atoms with E-state index in [1.807, 2.05) is 0 Å². The molecule has 1 aliphatic heterocycles. The maximum atomic E-state index is 5.32. The lowest BCUT2D eigenvalue weighted by atomic mass is 10.1. The van der Waals surface area contributed by atoms with Crippen LogP contribution in [-0.2, 0) is 6.42 Å². The predicted molar refractivity (Wildman–Crippen MR) is 74.3 cm³/mol. The van der Waals surface area contributed by atoms with E-state index in [4.69, 9.17) is 4.74 Å². The van der Waals surface area contributed by atoms with E-state index in [9.17, 15) is 0 Å². The SMILES string of the molecule is COc1cc(CCNC2=NCC(C)N2)ccc1C. The number of guanidine groups is 1. The van der Waals surface area contributed by atoms with Crippen LogP contribution in [-0.4, -0.2) is 32.2 Å². The molecule has 0 saturated heterocycles. The third-order valence-corrected chi connectivity index (χ3v) is 3.08. The zero-order valence-electron chi connectivity index (χ0n) is 11.3. The second kappa shape index (κ2) is 5.76. The van der Waals surface area contributed by atoms with Gasteiger partial charge in [0.15, 0.2) is 5.96 Å². The van der Waals surface area contributed by atoms with Crippen LogP contribution in [0.25, 0.3) is 0 Å². The third kappa shape index (κ3) is 3.15. The number of benzene rings is 1. The van der Waals surface area contributed by atoms with Crippen LogP contribution in [0.5, 0.6) is 5.75 Å². The minimum atomic E-state index is 0.451. The maximum Gasteiger partial charge on any atom is 0.191 e. The van der Waals surface area contributed by atoms with Gasteiger partial charge in [0.05, 0.1) is 13.7 Å². The minimum absolute atomic E-state index is 0.451. The van der Waals surface area contributed by atoms with Crippen molar-refractivity contribution in [2.75, 3.05) is 20.2 Å². The first kappa shape index (κ1) is 12.7. The van der Waals surface area contributed by atoms with Gasteiger partial charge in [-0.3, -0.25) is 4.99 Å². The second-order valence-corrected chi connectivity index (χ2v) is 4.72. The van der Waals surface area contributed by atoms with E-state index < -0.39 is 0 Å². The summed E-state index contributed by atoms with van der Waals surface area (Å²) in [7, 11) is 1.71. The molecule has 18 heavy (non-hydrogen) atoms. The largest absolute Gasteiger partial charge is 0.496 e. The minimum Gasteiger partial charge on any atom is -0.496 e. The molecule has 2 rings (SSSR count). The Bertz CT molecular complexity index is 443. The van der Waals surface area contributed by atoms with Gasteiger partial charge in [-0.05, 0) is 37.5 Å². The zero-order chi connectivity index (χ0) is 13.0. The van der Waals surface area contributed by atoms with Crippen molar-refractivity contribution in [2.45, 2.75) is 26.3 Å². The maximum absolute atomic E-state index is 5.32. The lowest BCUT2D eigenvalue weighted by molar-refractivity contribution is 0.411. The van der Waals surface area contributed by atoms with Gasteiger partial charge in [-0.25, -0.2) is 0 Å². The average Bonchev–Trinajstić information content (AvgIpc) is 2.77. The fourth-order valence-electron chi connectivity index (χ4n) is 2.00. The van der Waals surface area contributed by atoms with Gasteiger partial charge in [-0.2, -0.15) is 0 Å². The third-order valence-electron chi connectivity index (χ3n) is 3.08. The molecule has 1 unspecified atom stereocenters. The number of aryl methyl sites for hydroxylation is 1. The summed E-state index contributed by atoms with van der Waals surface area (Å²) in [5, 5.41) is 6.60. The molecule has 1 aromatic rings. The lowest BCUT2D eigenvalue weighted by Gasteiger charge is -2.10. The molecule has 0 bridgehead atoms. The van der Waals surface area contributed by atoms with E-state index in [1.165, 1.54) is 11.1 Å². The number of nitrogens with zero attached hydrogens (tertiary/aromatic N) is 1. The highest BCUT2D eigenvalue weighted by Crippen LogP contribution is 2.18. The summed E-state index contributed by atoms with van der Waals surface area (Å²) in [6.07, 6.45) is 0.964. The number of nitrogens with one attached hydrogen (secondary N) is 2. The summed E-state index contributed by atoms with van der Waals surface area (Å²) in [6, 6.07) is 6.80. The topological polar surface area (TPSA) is 45.6 Å². The first-order valence-electron chi connectivity index (χ1n) is 6.37. The summed E-state index contributed by atoms with van der Waals surface area (Å²) in [4.78, 5) is 4.37. The number of methoxy groups -OCH3 is 1. The molecule has 1 atom stereocenters. The summed E-state index contributed by atoms with van der Waals surface area (Å²) < 4.78 is 5.32. The van der Waals surface area contributed by atoms with Gasteiger partial charge in [-0.1, -0.05) is 12.1 Å². The molecule has 0 saturated carbocycles. The number of aliphatic imine (C=N–C) groups is 1. The molecular formula is C14H21N3O. The molecule has 0 radical (unpaired) electrons. The molecule has 0 aromatic heterocycles. The van der Waals surface area contributed by atoms with E-state index in [0.29, 0.717) is 6.04 Å². The molecular weight excluding hydrogens is 226 g/mol. The van der Waals surface area contributed by atoms with E-state index in [2.05, 4.69) is 47.7 Å². The van der Waals surface area contributed by atoms with Crippen molar-refractivity contribution in [1.82, 2.24) is 10.6 Å². The molecule has 2 N–H and O–H groups in total. The van der Waals surface area contributed by atoms with Crippen LogP contribution >= 0.6 is 0 Å². The van der Waals surface area contributed by atoms with Crippen LogP contribution in [0.2, 0.25) is 0 Å². The van der Waals surface area contributed by atoms with Crippen molar-refractivity contribution >= 4 is 5.96 Å². The van der Waals surface area contributed by atoms with Crippen LogP contribution < -0.4 is 15.4 Å². The summed E-state index contributed by atoms with van der Waals surface area (Å²) in [5.41, 5.74) is 2.45. The summed E-state index contributed by atoms with van der Waals surface area (Å²) in [5.74, 6) is 1.87.